The summed E-state index contributed by atoms with van der Waals surface area (Å²) in [5.41, 5.74) is 0.0855. The molecule has 0 aromatic carbocycles. The predicted molar refractivity (Wildman–Crippen MR) is 77.2 cm³/mol. The second-order valence-corrected chi connectivity index (χ2v) is 7.89. The Balaban J connectivity index is 1.73. The molecule has 1 saturated heterocycles. The predicted octanol–water partition coefficient (Wildman–Crippen LogP) is 4.55. The van der Waals surface area contributed by atoms with Crippen LogP contribution in [-0.4, -0.2) is 17.3 Å². The molecule has 1 aliphatic heterocycles. The molecule has 0 bridgehead atoms. The Labute approximate surface area is 124 Å². The summed E-state index contributed by atoms with van der Waals surface area (Å²) < 4.78 is 7.50. The van der Waals surface area contributed by atoms with Gasteiger partial charge in [-0.25, -0.2) is 0 Å². The van der Waals surface area contributed by atoms with Gasteiger partial charge in [-0.05, 0) is 60.0 Å². The molecular formula is C13H16BrClO2S. The van der Waals surface area contributed by atoms with E-state index < -0.39 is 6.10 Å². The van der Waals surface area contributed by atoms with Crippen molar-refractivity contribution < 1.29 is 9.84 Å². The highest BCUT2D eigenvalue weighted by Crippen LogP contribution is 2.48. The molecule has 1 aliphatic carbocycles. The fourth-order valence-electron chi connectivity index (χ4n) is 3.00. The van der Waals surface area contributed by atoms with Crippen LogP contribution in [0.4, 0.5) is 0 Å². The van der Waals surface area contributed by atoms with Gasteiger partial charge in [-0.1, -0.05) is 11.6 Å². The summed E-state index contributed by atoms with van der Waals surface area (Å²) in [6, 6.07) is 1.95. The molecule has 1 saturated carbocycles. The van der Waals surface area contributed by atoms with Gasteiger partial charge in [0.15, 0.2) is 0 Å². The smallest absolute Gasteiger partial charge is 0.107 e. The second kappa shape index (κ2) is 5.06. The molecule has 1 N–H and O–H groups in total. The zero-order valence-corrected chi connectivity index (χ0v) is 13.2. The van der Waals surface area contributed by atoms with E-state index in [1.807, 2.05) is 6.07 Å². The van der Waals surface area contributed by atoms with E-state index in [2.05, 4.69) is 15.9 Å². The van der Waals surface area contributed by atoms with Gasteiger partial charge >= 0.3 is 0 Å². The van der Waals surface area contributed by atoms with Crippen molar-refractivity contribution in [3.05, 3.63) is 19.8 Å². The Bertz CT molecular complexity index is 425. The van der Waals surface area contributed by atoms with Crippen molar-refractivity contribution in [3.8, 4) is 0 Å². The molecule has 2 aliphatic rings. The monoisotopic (exact) mass is 350 g/mol. The summed E-state index contributed by atoms with van der Waals surface area (Å²) in [6.45, 7) is 0.780. The fraction of sp³-hybridized carbons (Fsp3) is 0.692. The first-order valence-corrected chi connectivity index (χ1v) is 8.35. The maximum atomic E-state index is 10.5. The summed E-state index contributed by atoms with van der Waals surface area (Å²) in [6.07, 6.45) is 5.10. The zero-order chi connectivity index (χ0) is 12.8. The van der Waals surface area contributed by atoms with Crippen LogP contribution in [0.1, 0.15) is 43.1 Å². The number of thiophene rings is 1. The van der Waals surface area contributed by atoms with E-state index in [0.717, 1.165) is 46.0 Å². The van der Waals surface area contributed by atoms with Gasteiger partial charge in [0, 0.05) is 16.0 Å². The lowest BCUT2D eigenvalue weighted by Crippen LogP contribution is -2.46. The van der Waals surface area contributed by atoms with Gasteiger partial charge in [0.2, 0.25) is 0 Å². The van der Waals surface area contributed by atoms with E-state index in [1.165, 1.54) is 17.8 Å². The molecule has 2 heterocycles. The van der Waals surface area contributed by atoms with Crippen molar-refractivity contribution in [1.82, 2.24) is 0 Å². The van der Waals surface area contributed by atoms with Crippen LogP contribution in [0.2, 0.25) is 4.34 Å². The Morgan fingerprint density at radius 1 is 1.56 bits per heavy atom. The lowest BCUT2D eigenvalue weighted by molar-refractivity contribution is -0.157. The molecule has 0 amide bonds. The van der Waals surface area contributed by atoms with Crippen molar-refractivity contribution in [2.75, 3.05) is 6.61 Å². The van der Waals surface area contributed by atoms with E-state index in [0.29, 0.717) is 5.92 Å². The average Bonchev–Trinajstić information content (AvgIpc) is 2.67. The number of halogens is 2. The Kier molecular flexibility index (Phi) is 3.76. The van der Waals surface area contributed by atoms with E-state index in [4.69, 9.17) is 16.3 Å². The SMILES string of the molecule is OC(c1cc(Br)c(Cl)s1)C1CCOC2(CCC2)C1. The molecule has 18 heavy (non-hydrogen) atoms. The third kappa shape index (κ3) is 2.38. The number of rotatable bonds is 2. The number of ether oxygens (including phenoxy) is 1. The first-order chi connectivity index (χ1) is 8.60. The minimum Gasteiger partial charge on any atom is -0.387 e. The van der Waals surface area contributed by atoms with Crippen LogP contribution < -0.4 is 0 Å². The summed E-state index contributed by atoms with van der Waals surface area (Å²) in [5, 5.41) is 10.5. The van der Waals surface area contributed by atoms with Crippen molar-refractivity contribution in [3.63, 3.8) is 0 Å². The molecule has 2 nitrogen and oxygen atoms in total. The standard InChI is InChI=1S/C13H16BrClO2S/c14-9-6-10(18-12(9)15)11(16)8-2-5-17-13(7-8)3-1-4-13/h6,8,11,16H,1-5,7H2. The maximum Gasteiger partial charge on any atom is 0.107 e. The molecule has 1 aromatic heterocycles. The average molecular weight is 352 g/mol. The summed E-state index contributed by atoms with van der Waals surface area (Å²) in [5.74, 6) is 0.306. The van der Waals surface area contributed by atoms with Crippen molar-refractivity contribution in [1.29, 1.82) is 0 Å². The van der Waals surface area contributed by atoms with Crippen LogP contribution in [0, 0.1) is 5.92 Å². The van der Waals surface area contributed by atoms with Gasteiger partial charge in [-0.2, -0.15) is 0 Å². The summed E-state index contributed by atoms with van der Waals surface area (Å²) in [4.78, 5) is 0.966. The molecule has 2 fully saturated rings. The number of hydrogen-bond acceptors (Lipinski definition) is 3. The van der Waals surface area contributed by atoms with Crippen LogP contribution in [0.15, 0.2) is 10.5 Å². The van der Waals surface area contributed by atoms with E-state index in [-0.39, 0.29) is 5.60 Å². The molecule has 1 aromatic rings. The Morgan fingerprint density at radius 2 is 2.33 bits per heavy atom. The first-order valence-electron chi connectivity index (χ1n) is 6.36. The van der Waals surface area contributed by atoms with E-state index >= 15 is 0 Å². The zero-order valence-electron chi connectivity index (χ0n) is 9.99. The minimum atomic E-state index is -0.403. The third-order valence-corrected chi connectivity index (χ3v) is 6.74. The number of aliphatic hydroxyl groups excluding tert-OH is 1. The highest BCUT2D eigenvalue weighted by molar-refractivity contribution is 9.10. The van der Waals surface area contributed by atoms with Gasteiger partial charge in [-0.15, -0.1) is 11.3 Å². The molecule has 1 spiro atoms. The van der Waals surface area contributed by atoms with Crippen molar-refractivity contribution >= 4 is 38.9 Å². The van der Waals surface area contributed by atoms with Crippen LogP contribution in [0.25, 0.3) is 0 Å². The lowest BCUT2D eigenvalue weighted by Gasteiger charge is -2.48. The van der Waals surface area contributed by atoms with Gasteiger partial charge in [-0.3, -0.25) is 0 Å². The normalized spacial score (nSPS) is 28.1. The van der Waals surface area contributed by atoms with Crippen LogP contribution in [0.5, 0.6) is 0 Å². The van der Waals surface area contributed by atoms with Crippen LogP contribution in [-0.2, 0) is 4.74 Å². The van der Waals surface area contributed by atoms with Crippen LogP contribution >= 0.6 is 38.9 Å². The third-order valence-electron chi connectivity index (χ3n) is 4.20. The van der Waals surface area contributed by atoms with E-state index in [1.54, 1.807) is 0 Å². The van der Waals surface area contributed by atoms with Crippen molar-refractivity contribution in [2.24, 2.45) is 5.92 Å². The Morgan fingerprint density at radius 3 is 2.89 bits per heavy atom. The van der Waals surface area contributed by atoms with Crippen molar-refractivity contribution in [2.45, 2.75) is 43.8 Å². The largest absolute Gasteiger partial charge is 0.387 e. The quantitative estimate of drug-likeness (QED) is 0.847. The van der Waals surface area contributed by atoms with E-state index in [9.17, 15) is 5.11 Å². The molecule has 3 rings (SSSR count). The molecule has 100 valence electrons. The minimum absolute atomic E-state index is 0.0855. The van der Waals surface area contributed by atoms with Crippen LogP contribution in [0.3, 0.4) is 0 Å². The molecular weight excluding hydrogens is 336 g/mol. The number of hydrogen-bond donors (Lipinski definition) is 1. The van der Waals surface area contributed by atoms with Gasteiger partial charge < -0.3 is 9.84 Å². The van der Waals surface area contributed by atoms with Gasteiger partial charge in [0.1, 0.15) is 4.34 Å². The highest BCUT2D eigenvalue weighted by atomic mass is 79.9. The maximum absolute atomic E-state index is 10.5. The second-order valence-electron chi connectivity index (χ2n) is 5.35. The van der Waals surface area contributed by atoms with Gasteiger partial charge in [0.25, 0.3) is 0 Å². The summed E-state index contributed by atoms with van der Waals surface area (Å²) >= 11 is 10.9. The lowest BCUT2D eigenvalue weighted by atomic mass is 9.71. The molecule has 2 atom stereocenters. The highest BCUT2D eigenvalue weighted by Gasteiger charge is 2.44. The first kappa shape index (κ1) is 13.4. The molecule has 2 unspecified atom stereocenters. The Hall–Kier alpha value is 0.390. The molecule has 5 heteroatoms. The number of aliphatic hydroxyl groups is 1. The fourth-order valence-corrected chi connectivity index (χ4v) is 4.81. The topological polar surface area (TPSA) is 29.5 Å². The summed E-state index contributed by atoms with van der Waals surface area (Å²) in [7, 11) is 0. The van der Waals surface area contributed by atoms with Gasteiger partial charge in [0.05, 0.1) is 11.7 Å². The molecule has 0 radical (unpaired) electrons.